The zero-order chi connectivity index (χ0) is 13.0. The van der Waals surface area contributed by atoms with Crippen LogP contribution in [-0.2, 0) is 0 Å². The monoisotopic (exact) mass is 242 g/mol. The van der Waals surface area contributed by atoms with Crippen molar-refractivity contribution in [1.29, 1.82) is 0 Å². The number of carbonyl (C=O) groups is 1. The van der Waals surface area contributed by atoms with E-state index in [2.05, 4.69) is 10.6 Å². The number of urea groups is 1. The second-order valence-corrected chi connectivity index (χ2v) is 3.30. The minimum absolute atomic E-state index is 0.0208. The van der Waals surface area contributed by atoms with Crippen molar-refractivity contribution in [3.05, 3.63) is 17.4 Å². The summed E-state index contributed by atoms with van der Waals surface area (Å²) in [6.45, 7) is 1.54. The van der Waals surface area contributed by atoms with Crippen LogP contribution in [0.1, 0.15) is 5.56 Å². The maximum absolute atomic E-state index is 13.9. The van der Waals surface area contributed by atoms with Gasteiger partial charge < -0.3 is 20.1 Å². The fourth-order valence-corrected chi connectivity index (χ4v) is 1.36. The number of methoxy groups -OCH3 is 2. The van der Waals surface area contributed by atoms with Crippen molar-refractivity contribution in [2.75, 3.05) is 26.6 Å². The summed E-state index contributed by atoms with van der Waals surface area (Å²) in [7, 11) is 4.23. The normalized spacial score (nSPS) is 9.71. The largest absolute Gasteiger partial charge is 0.493 e. The summed E-state index contributed by atoms with van der Waals surface area (Å²) in [6, 6.07) is 1.08. The molecule has 0 saturated heterocycles. The first kappa shape index (κ1) is 13.1. The Balaban J connectivity index is 3.24. The molecule has 0 unspecified atom stereocenters. The quantitative estimate of drug-likeness (QED) is 0.851. The second kappa shape index (κ2) is 5.38. The van der Waals surface area contributed by atoms with Gasteiger partial charge in [0, 0.05) is 18.7 Å². The second-order valence-electron chi connectivity index (χ2n) is 3.30. The summed E-state index contributed by atoms with van der Waals surface area (Å²) in [5.41, 5.74) is 0.616. The molecule has 0 aliphatic carbocycles. The summed E-state index contributed by atoms with van der Waals surface area (Å²) >= 11 is 0. The van der Waals surface area contributed by atoms with Gasteiger partial charge in [0.15, 0.2) is 17.3 Å². The van der Waals surface area contributed by atoms with Gasteiger partial charge >= 0.3 is 6.03 Å². The van der Waals surface area contributed by atoms with E-state index in [9.17, 15) is 9.18 Å². The third-order valence-corrected chi connectivity index (χ3v) is 2.33. The molecule has 0 atom stereocenters. The Kier molecular flexibility index (Phi) is 4.14. The first-order chi connectivity index (χ1) is 8.04. The predicted octanol–water partition coefficient (Wildman–Crippen LogP) is 1.90. The molecule has 0 fully saturated rings. The fourth-order valence-electron chi connectivity index (χ4n) is 1.36. The van der Waals surface area contributed by atoms with E-state index < -0.39 is 11.8 Å². The number of amides is 2. The van der Waals surface area contributed by atoms with Gasteiger partial charge in [-0.2, -0.15) is 0 Å². The molecule has 0 bridgehead atoms. The van der Waals surface area contributed by atoms with Gasteiger partial charge in [-0.25, -0.2) is 9.18 Å². The number of benzene rings is 1. The van der Waals surface area contributed by atoms with Gasteiger partial charge in [-0.05, 0) is 6.92 Å². The van der Waals surface area contributed by atoms with E-state index in [1.807, 2.05) is 0 Å². The molecule has 1 aromatic rings. The Bertz CT molecular complexity index is 435. The summed E-state index contributed by atoms with van der Waals surface area (Å²) in [4.78, 5) is 11.2. The van der Waals surface area contributed by atoms with Crippen molar-refractivity contribution < 1.29 is 18.7 Å². The molecule has 17 heavy (non-hydrogen) atoms. The molecule has 2 N–H and O–H groups in total. The van der Waals surface area contributed by atoms with Gasteiger partial charge in [-0.15, -0.1) is 0 Å². The molecule has 0 saturated carbocycles. The van der Waals surface area contributed by atoms with E-state index in [-0.39, 0.29) is 17.1 Å². The van der Waals surface area contributed by atoms with Crippen LogP contribution in [0.4, 0.5) is 14.9 Å². The number of ether oxygens (including phenoxy) is 2. The van der Waals surface area contributed by atoms with Crippen molar-refractivity contribution in [3.63, 3.8) is 0 Å². The van der Waals surface area contributed by atoms with Crippen molar-refractivity contribution in [1.82, 2.24) is 5.32 Å². The number of nitrogens with one attached hydrogen (secondary N) is 2. The topological polar surface area (TPSA) is 59.6 Å². The van der Waals surface area contributed by atoms with Crippen LogP contribution in [0.15, 0.2) is 6.07 Å². The molecule has 0 heterocycles. The summed E-state index contributed by atoms with van der Waals surface area (Å²) in [5.74, 6) is -0.312. The highest BCUT2D eigenvalue weighted by Gasteiger charge is 2.17. The Morgan fingerprint density at radius 3 is 2.47 bits per heavy atom. The van der Waals surface area contributed by atoms with E-state index in [0.29, 0.717) is 5.69 Å². The number of rotatable bonds is 3. The zero-order valence-corrected chi connectivity index (χ0v) is 10.2. The molecule has 0 aromatic heterocycles. The molecule has 94 valence electrons. The summed E-state index contributed by atoms with van der Waals surface area (Å²) in [6.07, 6.45) is 0. The van der Waals surface area contributed by atoms with Crippen LogP contribution in [0.3, 0.4) is 0 Å². The van der Waals surface area contributed by atoms with Crippen LogP contribution in [-0.4, -0.2) is 27.3 Å². The lowest BCUT2D eigenvalue weighted by atomic mass is 10.1. The standard InChI is InChI=1S/C11H15FN2O3/c1-6-7(14-11(15)13-2)5-8(16-3)10(17-4)9(6)12/h5H,1-4H3,(H2,13,14,15). The van der Waals surface area contributed by atoms with Crippen molar-refractivity contribution in [3.8, 4) is 11.5 Å². The molecule has 0 aliphatic heterocycles. The van der Waals surface area contributed by atoms with E-state index in [4.69, 9.17) is 9.47 Å². The Morgan fingerprint density at radius 1 is 1.35 bits per heavy atom. The number of hydrogen-bond donors (Lipinski definition) is 2. The number of anilines is 1. The lowest BCUT2D eigenvalue weighted by molar-refractivity contribution is 0.254. The number of carbonyl (C=O) groups excluding carboxylic acids is 1. The first-order valence-electron chi connectivity index (χ1n) is 4.95. The molecule has 6 heteroatoms. The van der Waals surface area contributed by atoms with Crippen LogP contribution in [0.2, 0.25) is 0 Å². The van der Waals surface area contributed by atoms with Crippen LogP contribution in [0.25, 0.3) is 0 Å². The lowest BCUT2D eigenvalue weighted by Crippen LogP contribution is -2.25. The SMILES string of the molecule is CNC(=O)Nc1cc(OC)c(OC)c(F)c1C. The van der Waals surface area contributed by atoms with Gasteiger partial charge in [0.05, 0.1) is 19.9 Å². The molecule has 0 aliphatic rings. The average molecular weight is 242 g/mol. The highest BCUT2D eigenvalue weighted by atomic mass is 19.1. The Labute approximate surface area is 98.9 Å². The van der Waals surface area contributed by atoms with Crippen molar-refractivity contribution >= 4 is 11.7 Å². The molecule has 0 radical (unpaired) electrons. The third kappa shape index (κ3) is 2.58. The molecule has 5 nitrogen and oxygen atoms in total. The van der Waals surface area contributed by atoms with Crippen molar-refractivity contribution in [2.45, 2.75) is 6.92 Å². The van der Waals surface area contributed by atoms with Crippen LogP contribution in [0, 0.1) is 12.7 Å². The van der Waals surface area contributed by atoms with Crippen LogP contribution < -0.4 is 20.1 Å². The molecular weight excluding hydrogens is 227 g/mol. The third-order valence-electron chi connectivity index (χ3n) is 2.33. The van der Waals surface area contributed by atoms with Gasteiger partial charge in [0.2, 0.25) is 0 Å². The molecule has 1 aromatic carbocycles. The van der Waals surface area contributed by atoms with E-state index in [1.165, 1.54) is 27.3 Å². The average Bonchev–Trinajstić information content (AvgIpc) is 2.34. The van der Waals surface area contributed by atoms with Gasteiger partial charge in [0.1, 0.15) is 0 Å². The maximum atomic E-state index is 13.9. The molecular formula is C11H15FN2O3. The minimum atomic E-state index is -0.557. The predicted molar refractivity (Wildman–Crippen MR) is 62.3 cm³/mol. The highest BCUT2D eigenvalue weighted by molar-refractivity contribution is 5.90. The Morgan fingerprint density at radius 2 is 2.00 bits per heavy atom. The lowest BCUT2D eigenvalue weighted by Gasteiger charge is -2.14. The molecule has 0 spiro atoms. The van der Waals surface area contributed by atoms with Crippen LogP contribution >= 0.6 is 0 Å². The fraction of sp³-hybridized carbons (Fsp3) is 0.364. The minimum Gasteiger partial charge on any atom is -0.493 e. The summed E-state index contributed by atoms with van der Waals surface area (Å²) in [5, 5.41) is 4.88. The Hall–Kier alpha value is -1.98. The van der Waals surface area contributed by atoms with Crippen molar-refractivity contribution in [2.24, 2.45) is 0 Å². The van der Waals surface area contributed by atoms with Gasteiger partial charge in [-0.3, -0.25) is 0 Å². The zero-order valence-electron chi connectivity index (χ0n) is 10.2. The number of hydrogen-bond acceptors (Lipinski definition) is 3. The number of halogens is 1. The highest BCUT2D eigenvalue weighted by Crippen LogP contribution is 2.36. The first-order valence-corrected chi connectivity index (χ1v) is 4.95. The van der Waals surface area contributed by atoms with E-state index >= 15 is 0 Å². The smallest absolute Gasteiger partial charge is 0.318 e. The van der Waals surface area contributed by atoms with Gasteiger partial charge in [0.25, 0.3) is 0 Å². The van der Waals surface area contributed by atoms with Gasteiger partial charge in [-0.1, -0.05) is 0 Å². The van der Waals surface area contributed by atoms with Crippen LogP contribution in [0.5, 0.6) is 11.5 Å². The van der Waals surface area contributed by atoms with E-state index in [1.54, 1.807) is 6.92 Å². The van der Waals surface area contributed by atoms with E-state index in [0.717, 1.165) is 0 Å². The summed E-state index contributed by atoms with van der Waals surface area (Å²) < 4.78 is 23.8. The maximum Gasteiger partial charge on any atom is 0.318 e. The molecule has 1 rings (SSSR count). The molecule has 2 amide bonds.